The van der Waals surface area contributed by atoms with E-state index in [1.807, 2.05) is 30.0 Å². The highest BCUT2D eigenvalue weighted by Crippen LogP contribution is 2.34. The van der Waals surface area contributed by atoms with Crippen LogP contribution in [0.4, 0.5) is 0 Å². The summed E-state index contributed by atoms with van der Waals surface area (Å²) in [5.74, 6) is 2.11. The molecule has 1 aromatic rings. The molecule has 0 bridgehead atoms. The molecule has 82 valence electrons. The highest BCUT2D eigenvalue weighted by molar-refractivity contribution is 7.98. The second-order valence-corrected chi connectivity index (χ2v) is 4.89. The number of rotatable bonds is 3. The maximum absolute atomic E-state index is 6.12. The molecule has 15 heavy (non-hydrogen) atoms. The Morgan fingerprint density at radius 3 is 3.07 bits per heavy atom. The lowest BCUT2D eigenvalue weighted by Gasteiger charge is -2.30. The van der Waals surface area contributed by atoms with Gasteiger partial charge in [0, 0.05) is 18.0 Å². The van der Waals surface area contributed by atoms with Crippen molar-refractivity contribution in [1.82, 2.24) is 0 Å². The number of ether oxygens (including phenoxy) is 1. The van der Waals surface area contributed by atoms with E-state index in [4.69, 9.17) is 10.5 Å². The number of nitrogens with two attached hydrogens (primary N) is 1. The van der Waals surface area contributed by atoms with Crippen LogP contribution in [0, 0.1) is 0 Å². The topological polar surface area (TPSA) is 35.2 Å². The average Bonchev–Trinajstić information content (AvgIpc) is 2.26. The summed E-state index contributed by atoms with van der Waals surface area (Å²) in [6.07, 6.45) is 4.44. The zero-order chi connectivity index (χ0) is 10.7. The molecule has 1 aliphatic rings. The summed E-state index contributed by atoms with van der Waals surface area (Å²) >= 11 is 1.86. The SMILES string of the molecule is CSCCC1C[C@H](N)c2ccccc2O1. The molecule has 1 heterocycles. The molecule has 2 atom stereocenters. The number of fused-ring (bicyclic) bond motifs is 1. The molecule has 1 aromatic carbocycles. The molecule has 0 saturated carbocycles. The Bertz CT molecular complexity index is 329. The van der Waals surface area contributed by atoms with Crippen molar-refractivity contribution in [2.45, 2.75) is 25.0 Å². The summed E-state index contributed by atoms with van der Waals surface area (Å²) in [6, 6.07) is 8.24. The maximum Gasteiger partial charge on any atom is 0.124 e. The van der Waals surface area contributed by atoms with Crippen molar-refractivity contribution in [1.29, 1.82) is 0 Å². The van der Waals surface area contributed by atoms with Gasteiger partial charge in [-0.05, 0) is 24.5 Å². The van der Waals surface area contributed by atoms with E-state index < -0.39 is 0 Å². The number of hydrogen-bond acceptors (Lipinski definition) is 3. The van der Waals surface area contributed by atoms with Crippen molar-refractivity contribution >= 4 is 11.8 Å². The summed E-state index contributed by atoms with van der Waals surface area (Å²) < 4.78 is 5.91. The van der Waals surface area contributed by atoms with Gasteiger partial charge in [0.15, 0.2) is 0 Å². The van der Waals surface area contributed by atoms with Gasteiger partial charge in [-0.15, -0.1) is 0 Å². The monoisotopic (exact) mass is 223 g/mol. The van der Waals surface area contributed by atoms with Gasteiger partial charge >= 0.3 is 0 Å². The number of hydrogen-bond donors (Lipinski definition) is 1. The summed E-state index contributed by atoms with van der Waals surface area (Å²) in [6.45, 7) is 0. The number of para-hydroxylation sites is 1. The summed E-state index contributed by atoms with van der Waals surface area (Å²) in [4.78, 5) is 0. The van der Waals surface area contributed by atoms with Gasteiger partial charge in [-0.25, -0.2) is 0 Å². The summed E-state index contributed by atoms with van der Waals surface area (Å²) in [5.41, 5.74) is 7.27. The van der Waals surface area contributed by atoms with Crippen LogP contribution in [0.25, 0.3) is 0 Å². The number of thioether (sulfide) groups is 1. The zero-order valence-corrected chi connectivity index (χ0v) is 9.80. The molecule has 1 unspecified atom stereocenters. The van der Waals surface area contributed by atoms with Crippen molar-refractivity contribution in [3.63, 3.8) is 0 Å². The van der Waals surface area contributed by atoms with E-state index in [-0.39, 0.29) is 6.04 Å². The minimum Gasteiger partial charge on any atom is -0.490 e. The van der Waals surface area contributed by atoms with Crippen LogP contribution in [-0.4, -0.2) is 18.1 Å². The lowest BCUT2D eigenvalue weighted by molar-refractivity contribution is 0.156. The van der Waals surface area contributed by atoms with Gasteiger partial charge in [0.2, 0.25) is 0 Å². The fourth-order valence-corrected chi connectivity index (χ4v) is 2.46. The van der Waals surface area contributed by atoms with Crippen LogP contribution in [0.15, 0.2) is 24.3 Å². The molecule has 0 saturated heterocycles. The third kappa shape index (κ3) is 2.47. The largest absolute Gasteiger partial charge is 0.490 e. The standard InChI is InChI=1S/C12H17NOS/c1-15-7-6-9-8-11(13)10-4-2-3-5-12(10)14-9/h2-5,9,11H,6-8,13H2,1H3/t9?,11-/m0/s1. The van der Waals surface area contributed by atoms with Crippen LogP contribution in [-0.2, 0) is 0 Å². The van der Waals surface area contributed by atoms with Crippen molar-refractivity contribution in [2.24, 2.45) is 5.73 Å². The van der Waals surface area contributed by atoms with E-state index in [0.29, 0.717) is 6.10 Å². The highest BCUT2D eigenvalue weighted by atomic mass is 32.2. The van der Waals surface area contributed by atoms with Gasteiger partial charge < -0.3 is 10.5 Å². The lowest BCUT2D eigenvalue weighted by atomic mass is 9.96. The van der Waals surface area contributed by atoms with Gasteiger partial charge in [0.1, 0.15) is 11.9 Å². The molecule has 0 amide bonds. The van der Waals surface area contributed by atoms with E-state index in [2.05, 4.69) is 12.3 Å². The Kier molecular flexibility index (Phi) is 3.54. The Morgan fingerprint density at radius 1 is 1.47 bits per heavy atom. The smallest absolute Gasteiger partial charge is 0.124 e. The fourth-order valence-electron chi connectivity index (χ4n) is 1.96. The molecule has 1 aliphatic heterocycles. The molecular weight excluding hydrogens is 206 g/mol. The molecule has 2 nitrogen and oxygen atoms in total. The number of benzene rings is 1. The van der Waals surface area contributed by atoms with Crippen molar-refractivity contribution < 1.29 is 4.74 Å². The maximum atomic E-state index is 6.12. The van der Waals surface area contributed by atoms with Gasteiger partial charge in [0.25, 0.3) is 0 Å². The van der Waals surface area contributed by atoms with Crippen molar-refractivity contribution in [3.8, 4) is 5.75 Å². The Morgan fingerprint density at radius 2 is 2.27 bits per heavy atom. The van der Waals surface area contributed by atoms with E-state index in [1.54, 1.807) is 0 Å². The minimum atomic E-state index is 0.141. The predicted octanol–water partition coefficient (Wildman–Crippen LogP) is 2.59. The first-order valence-electron chi connectivity index (χ1n) is 5.31. The summed E-state index contributed by atoms with van der Waals surface area (Å²) in [7, 11) is 0. The van der Waals surface area contributed by atoms with Gasteiger partial charge in [0.05, 0.1) is 0 Å². The molecule has 0 aromatic heterocycles. The molecule has 3 heteroatoms. The Hall–Kier alpha value is -0.670. The van der Waals surface area contributed by atoms with Crippen LogP contribution < -0.4 is 10.5 Å². The van der Waals surface area contributed by atoms with Gasteiger partial charge in [-0.3, -0.25) is 0 Å². The molecule has 2 N–H and O–H groups in total. The van der Waals surface area contributed by atoms with Gasteiger partial charge in [-0.2, -0.15) is 11.8 Å². The van der Waals surface area contributed by atoms with Crippen LogP contribution >= 0.6 is 11.8 Å². The van der Waals surface area contributed by atoms with Crippen molar-refractivity contribution in [3.05, 3.63) is 29.8 Å². The first-order valence-corrected chi connectivity index (χ1v) is 6.70. The van der Waals surface area contributed by atoms with E-state index in [1.165, 1.54) is 0 Å². The molecule has 0 radical (unpaired) electrons. The molecule has 2 rings (SSSR count). The molecule has 0 fully saturated rings. The predicted molar refractivity (Wildman–Crippen MR) is 65.4 cm³/mol. The van der Waals surface area contributed by atoms with Gasteiger partial charge in [-0.1, -0.05) is 18.2 Å². The quantitative estimate of drug-likeness (QED) is 0.855. The molecule has 0 aliphatic carbocycles. The zero-order valence-electron chi connectivity index (χ0n) is 8.98. The molecular formula is C12H17NOS. The Balaban J connectivity index is 2.08. The van der Waals surface area contributed by atoms with Crippen LogP contribution in [0.5, 0.6) is 5.75 Å². The van der Waals surface area contributed by atoms with Crippen LogP contribution in [0.1, 0.15) is 24.4 Å². The highest BCUT2D eigenvalue weighted by Gasteiger charge is 2.24. The van der Waals surface area contributed by atoms with Crippen LogP contribution in [0.2, 0.25) is 0 Å². The first-order chi connectivity index (χ1) is 7.31. The fraction of sp³-hybridized carbons (Fsp3) is 0.500. The third-order valence-electron chi connectivity index (χ3n) is 2.77. The second kappa shape index (κ2) is 4.90. The van der Waals surface area contributed by atoms with E-state index >= 15 is 0 Å². The molecule has 0 spiro atoms. The van der Waals surface area contributed by atoms with E-state index in [9.17, 15) is 0 Å². The normalized spacial score (nSPS) is 24.4. The van der Waals surface area contributed by atoms with Crippen molar-refractivity contribution in [2.75, 3.05) is 12.0 Å². The minimum absolute atomic E-state index is 0.141. The first kappa shape index (κ1) is 10.8. The average molecular weight is 223 g/mol. The third-order valence-corrected chi connectivity index (χ3v) is 3.42. The van der Waals surface area contributed by atoms with Crippen LogP contribution in [0.3, 0.4) is 0 Å². The summed E-state index contributed by atoms with van der Waals surface area (Å²) in [5, 5.41) is 0. The van der Waals surface area contributed by atoms with E-state index in [0.717, 1.165) is 29.9 Å². The Labute approximate surface area is 95.2 Å². The second-order valence-electron chi connectivity index (χ2n) is 3.90. The lowest BCUT2D eigenvalue weighted by Crippen LogP contribution is -2.29.